The van der Waals surface area contributed by atoms with Crippen molar-refractivity contribution in [1.82, 2.24) is 29.7 Å². The minimum Gasteiger partial charge on any atom is -0.326 e. The van der Waals surface area contributed by atoms with Crippen molar-refractivity contribution >= 4 is 5.78 Å². The number of hydrogen-bond acceptors (Lipinski definition) is 6. The van der Waals surface area contributed by atoms with Crippen molar-refractivity contribution in [2.24, 2.45) is 5.73 Å². The zero-order valence-electron chi connectivity index (χ0n) is 17.8. The molecule has 8 heteroatoms. The molecule has 4 N–H and O–H groups in total. The van der Waals surface area contributed by atoms with Crippen molar-refractivity contribution in [2.45, 2.75) is 25.7 Å². The van der Waals surface area contributed by atoms with Gasteiger partial charge in [0.15, 0.2) is 0 Å². The smallest absolute Gasteiger partial charge is 0.202 e. The number of rotatable bonds is 6. The van der Waals surface area contributed by atoms with Crippen LogP contribution in [0, 0.1) is 0 Å². The molecule has 2 aromatic heterocycles. The van der Waals surface area contributed by atoms with Crippen molar-refractivity contribution in [3.63, 3.8) is 0 Å². The molecular formula is C24H25N7O. The van der Waals surface area contributed by atoms with Crippen LogP contribution in [0.25, 0.3) is 11.4 Å². The highest BCUT2D eigenvalue weighted by atomic mass is 16.1. The molecule has 0 bridgehead atoms. The largest absolute Gasteiger partial charge is 0.326 e. The summed E-state index contributed by atoms with van der Waals surface area (Å²) in [5.41, 5.74) is 11.0. The Balaban J connectivity index is 1.45. The first-order valence-corrected chi connectivity index (χ1v) is 10.6. The third-order valence-corrected chi connectivity index (χ3v) is 5.79. The number of nitrogens with one attached hydrogen (secondary N) is 2. The normalized spacial score (nSPS) is 15.7. The number of imidazole rings is 2. The Morgan fingerprint density at radius 3 is 2.75 bits per heavy atom. The molecule has 2 aromatic carbocycles. The van der Waals surface area contributed by atoms with Crippen molar-refractivity contribution in [3.8, 4) is 11.4 Å². The van der Waals surface area contributed by atoms with E-state index >= 15 is 0 Å². The minimum atomic E-state index is -0.427. The second-order valence-electron chi connectivity index (χ2n) is 7.80. The number of nitrogens with zero attached hydrogens (tertiary/aromatic N) is 4. The zero-order chi connectivity index (χ0) is 22.1. The minimum absolute atomic E-state index is 0.00755. The van der Waals surface area contributed by atoms with E-state index in [0.29, 0.717) is 25.3 Å². The Kier molecular flexibility index (Phi) is 5.40. The highest BCUT2D eigenvalue weighted by Gasteiger charge is 2.32. The molecule has 1 aliphatic rings. The molecule has 0 amide bonds. The fourth-order valence-electron chi connectivity index (χ4n) is 4.19. The SMILES string of the molecule is CNCc1nccn1-c1ccc(C2NCc3ncn(-c4cccc(CN)c4)c3C2=O)cc1. The summed E-state index contributed by atoms with van der Waals surface area (Å²) in [6, 6.07) is 15.5. The van der Waals surface area contributed by atoms with Crippen LogP contribution in [0.1, 0.15) is 39.2 Å². The van der Waals surface area contributed by atoms with Crippen LogP contribution in [0.4, 0.5) is 0 Å². The topological polar surface area (TPSA) is 103 Å². The molecule has 0 saturated carbocycles. The van der Waals surface area contributed by atoms with E-state index in [1.54, 1.807) is 12.5 Å². The Bertz CT molecular complexity index is 1260. The molecule has 1 unspecified atom stereocenters. The van der Waals surface area contributed by atoms with Crippen LogP contribution in [0.5, 0.6) is 0 Å². The maximum absolute atomic E-state index is 13.5. The van der Waals surface area contributed by atoms with E-state index in [1.165, 1.54) is 0 Å². The molecule has 0 fully saturated rings. The fraction of sp³-hybridized carbons (Fsp3) is 0.208. The van der Waals surface area contributed by atoms with E-state index < -0.39 is 6.04 Å². The molecular weight excluding hydrogens is 402 g/mol. The van der Waals surface area contributed by atoms with Gasteiger partial charge >= 0.3 is 0 Å². The lowest BCUT2D eigenvalue weighted by Crippen LogP contribution is -2.35. The molecule has 0 radical (unpaired) electrons. The van der Waals surface area contributed by atoms with E-state index in [1.807, 2.05) is 70.9 Å². The number of Topliss-reactive ketones (excluding diaryl/α,β-unsaturated/α-hetero) is 1. The number of carbonyl (C=O) groups excluding carboxylic acids is 1. The first-order chi connectivity index (χ1) is 15.7. The predicted octanol–water partition coefficient (Wildman–Crippen LogP) is 2.26. The van der Waals surface area contributed by atoms with Gasteiger partial charge in [-0.15, -0.1) is 0 Å². The van der Waals surface area contributed by atoms with Gasteiger partial charge < -0.3 is 15.6 Å². The van der Waals surface area contributed by atoms with Gasteiger partial charge in [0.25, 0.3) is 0 Å². The second kappa shape index (κ2) is 8.51. The van der Waals surface area contributed by atoms with Crippen molar-refractivity contribution in [2.75, 3.05) is 7.05 Å². The number of nitrogens with two attached hydrogens (primary N) is 1. The van der Waals surface area contributed by atoms with Gasteiger partial charge in [-0.2, -0.15) is 0 Å². The van der Waals surface area contributed by atoms with Gasteiger partial charge in [0, 0.05) is 36.9 Å². The number of aromatic nitrogens is 4. The van der Waals surface area contributed by atoms with Gasteiger partial charge in [0.05, 0.1) is 18.3 Å². The van der Waals surface area contributed by atoms with Gasteiger partial charge in [-0.3, -0.25) is 14.7 Å². The molecule has 0 spiro atoms. The molecule has 0 saturated heterocycles. The van der Waals surface area contributed by atoms with Crippen LogP contribution < -0.4 is 16.4 Å². The van der Waals surface area contributed by atoms with Gasteiger partial charge in [-0.1, -0.05) is 24.3 Å². The summed E-state index contributed by atoms with van der Waals surface area (Å²) in [6.45, 7) is 1.66. The highest BCUT2D eigenvalue weighted by molar-refractivity contribution is 6.01. The molecule has 8 nitrogen and oxygen atoms in total. The summed E-state index contributed by atoms with van der Waals surface area (Å²) in [5, 5.41) is 6.47. The average molecular weight is 428 g/mol. The Morgan fingerprint density at radius 2 is 1.97 bits per heavy atom. The Labute approximate surface area is 186 Å². The Hall–Kier alpha value is -3.59. The van der Waals surface area contributed by atoms with E-state index in [-0.39, 0.29) is 5.78 Å². The van der Waals surface area contributed by atoms with Gasteiger partial charge in [0.1, 0.15) is 17.8 Å². The number of carbonyl (C=O) groups is 1. The van der Waals surface area contributed by atoms with E-state index in [0.717, 1.165) is 34.0 Å². The molecule has 162 valence electrons. The molecule has 1 aliphatic heterocycles. The lowest BCUT2D eigenvalue weighted by molar-refractivity contribution is 0.0922. The number of benzene rings is 2. The maximum atomic E-state index is 13.5. The summed E-state index contributed by atoms with van der Waals surface area (Å²) < 4.78 is 3.91. The standard InChI is InChI=1S/C24H25N7O/c1-26-14-21-27-9-10-30(21)18-7-5-17(6-8-18)22-24(32)23-20(13-28-22)29-15-31(23)19-4-2-3-16(11-19)12-25/h2-11,15,22,26,28H,12-14,25H2,1H3. The van der Waals surface area contributed by atoms with E-state index in [9.17, 15) is 4.79 Å². The number of fused-ring (bicyclic) bond motifs is 1. The van der Waals surface area contributed by atoms with Crippen molar-refractivity contribution < 1.29 is 4.79 Å². The summed E-state index contributed by atoms with van der Waals surface area (Å²) in [4.78, 5) is 22.4. The summed E-state index contributed by atoms with van der Waals surface area (Å²) in [6.07, 6.45) is 5.44. The first kappa shape index (κ1) is 20.3. The second-order valence-corrected chi connectivity index (χ2v) is 7.80. The van der Waals surface area contributed by atoms with Crippen molar-refractivity contribution in [1.29, 1.82) is 0 Å². The van der Waals surface area contributed by atoms with Gasteiger partial charge in [-0.25, -0.2) is 9.97 Å². The zero-order valence-corrected chi connectivity index (χ0v) is 17.8. The van der Waals surface area contributed by atoms with Crippen LogP contribution >= 0.6 is 0 Å². The van der Waals surface area contributed by atoms with E-state index in [2.05, 4.69) is 20.6 Å². The number of ketones is 1. The van der Waals surface area contributed by atoms with Gasteiger partial charge in [0.2, 0.25) is 5.78 Å². The van der Waals surface area contributed by atoms with Gasteiger partial charge in [-0.05, 0) is 42.4 Å². The third kappa shape index (κ3) is 3.54. The number of hydrogen-bond donors (Lipinski definition) is 3. The lowest BCUT2D eigenvalue weighted by atomic mass is 9.96. The van der Waals surface area contributed by atoms with Crippen LogP contribution in [0.2, 0.25) is 0 Å². The lowest BCUT2D eigenvalue weighted by Gasteiger charge is -2.24. The highest BCUT2D eigenvalue weighted by Crippen LogP contribution is 2.28. The third-order valence-electron chi connectivity index (χ3n) is 5.79. The van der Waals surface area contributed by atoms with Crippen LogP contribution in [-0.2, 0) is 19.6 Å². The summed E-state index contributed by atoms with van der Waals surface area (Å²) in [7, 11) is 1.90. The first-order valence-electron chi connectivity index (χ1n) is 10.6. The quantitative estimate of drug-likeness (QED) is 0.436. The van der Waals surface area contributed by atoms with E-state index in [4.69, 9.17) is 5.73 Å². The Morgan fingerprint density at radius 1 is 1.12 bits per heavy atom. The average Bonchev–Trinajstić information content (AvgIpc) is 3.47. The molecule has 0 aliphatic carbocycles. The molecule has 3 heterocycles. The summed E-state index contributed by atoms with van der Waals surface area (Å²) in [5.74, 6) is 0.938. The van der Waals surface area contributed by atoms with Crippen LogP contribution in [0.3, 0.4) is 0 Å². The molecule has 1 atom stereocenters. The molecule has 5 rings (SSSR count). The fourth-order valence-corrected chi connectivity index (χ4v) is 4.19. The maximum Gasteiger partial charge on any atom is 0.202 e. The monoisotopic (exact) mass is 427 g/mol. The van der Waals surface area contributed by atoms with Crippen molar-refractivity contribution in [3.05, 3.63) is 95.6 Å². The van der Waals surface area contributed by atoms with Crippen LogP contribution in [-0.4, -0.2) is 31.9 Å². The molecule has 4 aromatic rings. The predicted molar refractivity (Wildman–Crippen MR) is 122 cm³/mol. The van der Waals surface area contributed by atoms with Crippen LogP contribution in [0.15, 0.2) is 67.3 Å². The molecule has 32 heavy (non-hydrogen) atoms. The summed E-state index contributed by atoms with van der Waals surface area (Å²) >= 11 is 0.